The van der Waals surface area contributed by atoms with Crippen LogP contribution < -0.4 is 15.2 Å². The summed E-state index contributed by atoms with van der Waals surface area (Å²) in [5.74, 6) is 0.892. The van der Waals surface area contributed by atoms with Crippen LogP contribution in [0.15, 0.2) is 46.2 Å². The van der Waals surface area contributed by atoms with Crippen LogP contribution in [-0.4, -0.2) is 14.2 Å². The molecule has 0 atom stereocenters. The fourth-order valence-electron chi connectivity index (χ4n) is 1.62. The normalized spacial score (nSPS) is 10.3. The second-order valence-corrected chi connectivity index (χ2v) is 4.92. The molecule has 2 aromatic rings. The summed E-state index contributed by atoms with van der Waals surface area (Å²) in [6.45, 7) is 0. The molecule has 0 aliphatic carbocycles. The van der Waals surface area contributed by atoms with Crippen LogP contribution in [-0.2, 0) is 0 Å². The monoisotopic (exact) mass is 279 g/mol. The van der Waals surface area contributed by atoms with Crippen molar-refractivity contribution in [2.45, 2.75) is 9.79 Å². The number of hydrogen-bond donors (Lipinski definition) is 1. The van der Waals surface area contributed by atoms with Crippen molar-refractivity contribution in [1.82, 2.24) is 0 Å². The van der Waals surface area contributed by atoms with Crippen LogP contribution in [0.25, 0.3) is 0 Å². The van der Waals surface area contributed by atoms with Crippen LogP contribution in [0.3, 0.4) is 0 Å². The highest BCUT2D eigenvalue weighted by Crippen LogP contribution is 2.39. The summed E-state index contributed by atoms with van der Waals surface area (Å²) >= 11 is 1.38. The van der Waals surface area contributed by atoms with E-state index in [1.807, 2.05) is 6.07 Å². The van der Waals surface area contributed by atoms with Gasteiger partial charge in [-0.25, -0.2) is 4.39 Å². The lowest BCUT2D eigenvalue weighted by Gasteiger charge is -2.12. The molecule has 0 amide bonds. The number of ether oxygens (including phenoxy) is 2. The molecule has 0 aliphatic rings. The molecule has 0 aliphatic heterocycles. The van der Waals surface area contributed by atoms with Gasteiger partial charge in [0.15, 0.2) is 11.5 Å². The molecule has 0 heterocycles. The van der Waals surface area contributed by atoms with Gasteiger partial charge in [0.2, 0.25) is 0 Å². The molecule has 0 saturated carbocycles. The smallest absolute Gasteiger partial charge is 0.162 e. The number of halogens is 1. The Morgan fingerprint density at radius 1 is 1.05 bits per heavy atom. The van der Waals surface area contributed by atoms with E-state index in [1.54, 1.807) is 32.4 Å². The lowest BCUT2D eigenvalue weighted by Crippen LogP contribution is -1.95. The summed E-state index contributed by atoms with van der Waals surface area (Å²) in [6.07, 6.45) is 0. The van der Waals surface area contributed by atoms with Gasteiger partial charge < -0.3 is 15.2 Å². The summed E-state index contributed by atoms with van der Waals surface area (Å²) in [6, 6.07) is 9.82. The third-order valence-corrected chi connectivity index (χ3v) is 3.60. The lowest BCUT2D eigenvalue weighted by atomic mass is 10.3. The van der Waals surface area contributed by atoms with Gasteiger partial charge in [0.25, 0.3) is 0 Å². The van der Waals surface area contributed by atoms with Gasteiger partial charge in [0.1, 0.15) is 5.82 Å². The fraction of sp³-hybridized carbons (Fsp3) is 0.143. The molecule has 0 bridgehead atoms. The third-order valence-electron chi connectivity index (χ3n) is 2.54. The fourth-order valence-corrected chi connectivity index (χ4v) is 2.54. The van der Waals surface area contributed by atoms with Gasteiger partial charge in [-0.3, -0.25) is 0 Å². The molecule has 0 spiro atoms. The maximum absolute atomic E-state index is 13.1. The van der Waals surface area contributed by atoms with Crippen molar-refractivity contribution in [2.24, 2.45) is 0 Å². The zero-order chi connectivity index (χ0) is 13.8. The molecule has 0 unspecified atom stereocenters. The third kappa shape index (κ3) is 3.12. The molecule has 100 valence electrons. The molecule has 0 aromatic heterocycles. The quantitative estimate of drug-likeness (QED) is 0.869. The first kappa shape index (κ1) is 13.5. The second-order valence-electron chi connectivity index (χ2n) is 3.80. The molecule has 2 rings (SSSR count). The summed E-state index contributed by atoms with van der Waals surface area (Å²) in [7, 11) is 3.11. The van der Waals surface area contributed by atoms with Gasteiger partial charge >= 0.3 is 0 Å². The maximum Gasteiger partial charge on any atom is 0.162 e. The summed E-state index contributed by atoms with van der Waals surface area (Å²) in [5, 5.41) is 0. The summed E-state index contributed by atoms with van der Waals surface area (Å²) < 4.78 is 23.5. The zero-order valence-corrected chi connectivity index (χ0v) is 11.5. The standard InChI is InChI=1S/C14H14FNO2S/c1-17-12-7-11(16)14(8-13(12)18-2)19-10-5-3-4-9(15)6-10/h3-8H,16H2,1-2H3. The first-order chi connectivity index (χ1) is 9.13. The van der Waals surface area contributed by atoms with E-state index in [9.17, 15) is 4.39 Å². The Kier molecular flexibility index (Phi) is 4.16. The first-order valence-corrected chi connectivity index (χ1v) is 6.40. The van der Waals surface area contributed by atoms with Gasteiger partial charge in [-0.15, -0.1) is 0 Å². The largest absolute Gasteiger partial charge is 0.493 e. The highest BCUT2D eigenvalue weighted by molar-refractivity contribution is 7.99. The Labute approximate surface area is 115 Å². The Morgan fingerprint density at radius 2 is 1.74 bits per heavy atom. The van der Waals surface area contributed by atoms with Gasteiger partial charge in [-0.1, -0.05) is 17.8 Å². The SMILES string of the molecule is COc1cc(N)c(Sc2cccc(F)c2)cc1OC. The minimum Gasteiger partial charge on any atom is -0.493 e. The number of hydrogen-bond acceptors (Lipinski definition) is 4. The van der Waals surface area contributed by atoms with Gasteiger partial charge in [0, 0.05) is 21.5 Å². The minimum atomic E-state index is -0.274. The Balaban J connectivity index is 2.35. The molecule has 19 heavy (non-hydrogen) atoms. The van der Waals surface area contributed by atoms with E-state index >= 15 is 0 Å². The number of nitrogens with two attached hydrogens (primary N) is 1. The predicted octanol–water partition coefficient (Wildman–Crippen LogP) is 3.58. The van der Waals surface area contributed by atoms with Gasteiger partial charge in [-0.05, 0) is 24.3 Å². The van der Waals surface area contributed by atoms with Crippen molar-refractivity contribution in [1.29, 1.82) is 0 Å². The Morgan fingerprint density at radius 3 is 2.37 bits per heavy atom. The van der Waals surface area contributed by atoms with Crippen LogP contribution in [0.1, 0.15) is 0 Å². The van der Waals surface area contributed by atoms with Crippen LogP contribution >= 0.6 is 11.8 Å². The van der Waals surface area contributed by atoms with Crippen LogP contribution in [0, 0.1) is 5.82 Å². The number of nitrogen functional groups attached to an aromatic ring is 1. The van der Waals surface area contributed by atoms with Crippen molar-refractivity contribution in [3.8, 4) is 11.5 Å². The number of anilines is 1. The molecular formula is C14H14FNO2S. The van der Waals surface area contributed by atoms with Crippen LogP contribution in [0.4, 0.5) is 10.1 Å². The van der Waals surface area contributed by atoms with Crippen molar-refractivity contribution in [3.63, 3.8) is 0 Å². The van der Waals surface area contributed by atoms with Crippen molar-refractivity contribution in [3.05, 3.63) is 42.2 Å². The van der Waals surface area contributed by atoms with E-state index in [-0.39, 0.29) is 5.82 Å². The van der Waals surface area contributed by atoms with E-state index < -0.39 is 0 Å². The Bertz CT molecular complexity index is 590. The van der Waals surface area contributed by atoms with E-state index in [1.165, 1.54) is 23.9 Å². The predicted molar refractivity (Wildman–Crippen MR) is 74.5 cm³/mol. The maximum atomic E-state index is 13.1. The molecule has 0 fully saturated rings. The van der Waals surface area contributed by atoms with Crippen molar-refractivity contribution in [2.75, 3.05) is 20.0 Å². The molecule has 2 aromatic carbocycles. The van der Waals surface area contributed by atoms with Crippen molar-refractivity contribution < 1.29 is 13.9 Å². The van der Waals surface area contributed by atoms with Gasteiger partial charge in [-0.2, -0.15) is 0 Å². The van der Waals surface area contributed by atoms with Crippen LogP contribution in [0.2, 0.25) is 0 Å². The van der Waals surface area contributed by atoms with Gasteiger partial charge in [0.05, 0.1) is 14.2 Å². The van der Waals surface area contributed by atoms with E-state index in [4.69, 9.17) is 15.2 Å². The molecule has 5 heteroatoms. The average molecular weight is 279 g/mol. The summed E-state index contributed by atoms with van der Waals surface area (Å²) in [4.78, 5) is 1.57. The minimum absolute atomic E-state index is 0.274. The van der Waals surface area contributed by atoms with E-state index in [0.29, 0.717) is 17.2 Å². The van der Waals surface area contributed by atoms with Crippen LogP contribution in [0.5, 0.6) is 11.5 Å². The first-order valence-electron chi connectivity index (χ1n) is 5.59. The average Bonchev–Trinajstić information content (AvgIpc) is 2.40. The molecule has 3 nitrogen and oxygen atoms in total. The van der Waals surface area contributed by atoms with E-state index in [2.05, 4.69) is 0 Å². The number of methoxy groups -OCH3 is 2. The number of benzene rings is 2. The van der Waals surface area contributed by atoms with Crippen molar-refractivity contribution >= 4 is 17.4 Å². The topological polar surface area (TPSA) is 44.5 Å². The number of rotatable bonds is 4. The summed E-state index contributed by atoms with van der Waals surface area (Å²) in [5.41, 5.74) is 6.52. The molecule has 0 radical (unpaired) electrons. The molecule has 0 saturated heterocycles. The second kappa shape index (κ2) is 5.84. The highest BCUT2D eigenvalue weighted by Gasteiger charge is 2.10. The van der Waals surface area contributed by atoms with E-state index in [0.717, 1.165) is 9.79 Å². The molecular weight excluding hydrogens is 265 g/mol. The molecule has 2 N–H and O–H groups in total. The highest BCUT2D eigenvalue weighted by atomic mass is 32.2. The lowest BCUT2D eigenvalue weighted by molar-refractivity contribution is 0.354. The Hall–Kier alpha value is -1.88. The zero-order valence-electron chi connectivity index (χ0n) is 10.6.